The third-order valence-electron chi connectivity index (χ3n) is 3.23. The van der Waals surface area contributed by atoms with Crippen LogP contribution in [0.25, 0.3) is 0 Å². The molecule has 3 heteroatoms. The first-order valence-electron chi connectivity index (χ1n) is 7.33. The van der Waals surface area contributed by atoms with Crippen LogP contribution in [-0.2, 0) is 0 Å². The average molecular weight is 343 g/mol. The number of hydrogen-bond acceptors (Lipinski definition) is 2. The van der Waals surface area contributed by atoms with E-state index in [0.29, 0.717) is 17.9 Å². The van der Waals surface area contributed by atoms with Crippen molar-refractivity contribution in [1.82, 2.24) is 0 Å². The van der Waals surface area contributed by atoms with E-state index in [1.54, 1.807) is 0 Å². The Balaban J connectivity index is 2.70. The van der Waals surface area contributed by atoms with Gasteiger partial charge in [0.05, 0.1) is 12.7 Å². The number of aliphatic hydroxyl groups excluding tert-OH is 1. The molecule has 0 radical (unpaired) electrons. The fraction of sp³-hybridized carbons (Fsp3) is 0.647. The standard InChI is InChI=1S/C17H27BrO2/c1-6-20-13-7-8-14(15(18)10-13)16(19)9-12(2)11-17(3,4)5/h7-8,10,12,16,19H,6,9,11H2,1-5H3. The Morgan fingerprint density at radius 2 is 1.95 bits per heavy atom. The van der Waals surface area contributed by atoms with Crippen molar-refractivity contribution in [1.29, 1.82) is 0 Å². The first kappa shape index (κ1) is 17.5. The Hall–Kier alpha value is -0.540. The number of rotatable bonds is 6. The van der Waals surface area contributed by atoms with E-state index in [1.807, 2.05) is 25.1 Å². The van der Waals surface area contributed by atoms with Crippen LogP contribution < -0.4 is 4.74 Å². The molecule has 0 amide bonds. The van der Waals surface area contributed by atoms with Crippen LogP contribution in [0, 0.1) is 11.3 Å². The summed E-state index contributed by atoms with van der Waals surface area (Å²) in [6, 6.07) is 5.79. The summed E-state index contributed by atoms with van der Waals surface area (Å²) < 4.78 is 6.37. The fourth-order valence-corrected chi connectivity index (χ4v) is 3.29. The zero-order valence-electron chi connectivity index (χ0n) is 13.2. The second kappa shape index (κ2) is 7.46. The van der Waals surface area contributed by atoms with E-state index in [-0.39, 0.29) is 0 Å². The Kier molecular flexibility index (Phi) is 6.53. The summed E-state index contributed by atoms with van der Waals surface area (Å²) in [6.45, 7) is 11.5. The zero-order valence-corrected chi connectivity index (χ0v) is 14.8. The third kappa shape index (κ3) is 5.84. The topological polar surface area (TPSA) is 29.5 Å². The lowest BCUT2D eigenvalue weighted by Gasteiger charge is -2.25. The molecular formula is C17H27BrO2. The molecule has 2 atom stereocenters. The third-order valence-corrected chi connectivity index (χ3v) is 3.92. The van der Waals surface area contributed by atoms with Gasteiger partial charge in [-0.25, -0.2) is 0 Å². The van der Waals surface area contributed by atoms with E-state index >= 15 is 0 Å². The molecule has 0 aromatic heterocycles. The highest BCUT2D eigenvalue weighted by atomic mass is 79.9. The highest BCUT2D eigenvalue weighted by Crippen LogP contribution is 2.34. The van der Waals surface area contributed by atoms with E-state index in [0.717, 1.165) is 28.6 Å². The van der Waals surface area contributed by atoms with Gasteiger partial charge in [-0.15, -0.1) is 0 Å². The molecule has 2 nitrogen and oxygen atoms in total. The Morgan fingerprint density at radius 3 is 2.45 bits per heavy atom. The van der Waals surface area contributed by atoms with Crippen LogP contribution in [0.3, 0.4) is 0 Å². The van der Waals surface area contributed by atoms with Crippen molar-refractivity contribution in [2.24, 2.45) is 11.3 Å². The SMILES string of the molecule is CCOc1ccc(C(O)CC(C)CC(C)(C)C)c(Br)c1. The molecule has 1 N–H and O–H groups in total. The van der Waals surface area contributed by atoms with Crippen LogP contribution in [0.2, 0.25) is 0 Å². The van der Waals surface area contributed by atoms with E-state index < -0.39 is 6.10 Å². The minimum absolute atomic E-state index is 0.301. The van der Waals surface area contributed by atoms with Gasteiger partial charge in [-0.05, 0) is 48.8 Å². The second-order valence-corrected chi connectivity index (χ2v) is 7.59. The maximum Gasteiger partial charge on any atom is 0.120 e. The van der Waals surface area contributed by atoms with Crippen molar-refractivity contribution in [3.05, 3.63) is 28.2 Å². The maximum atomic E-state index is 10.4. The summed E-state index contributed by atoms with van der Waals surface area (Å²) in [7, 11) is 0. The molecule has 0 aliphatic rings. The Bertz CT molecular complexity index is 423. The summed E-state index contributed by atoms with van der Waals surface area (Å²) in [5, 5.41) is 10.4. The summed E-state index contributed by atoms with van der Waals surface area (Å²) >= 11 is 3.53. The maximum absolute atomic E-state index is 10.4. The molecule has 1 aromatic rings. The zero-order chi connectivity index (χ0) is 15.3. The summed E-state index contributed by atoms with van der Waals surface area (Å²) in [6.07, 6.45) is 1.46. The van der Waals surface area contributed by atoms with Gasteiger partial charge >= 0.3 is 0 Å². The number of benzene rings is 1. The largest absolute Gasteiger partial charge is 0.494 e. The predicted molar refractivity (Wildman–Crippen MR) is 88.1 cm³/mol. The van der Waals surface area contributed by atoms with Crippen LogP contribution in [0.4, 0.5) is 0 Å². The molecule has 0 saturated carbocycles. The molecule has 1 aromatic carbocycles. The molecule has 0 aliphatic carbocycles. The van der Waals surface area contributed by atoms with Gasteiger partial charge in [0.2, 0.25) is 0 Å². The van der Waals surface area contributed by atoms with Crippen LogP contribution in [0.15, 0.2) is 22.7 Å². The molecule has 0 aliphatic heterocycles. The van der Waals surface area contributed by atoms with E-state index in [1.165, 1.54) is 0 Å². The van der Waals surface area contributed by atoms with Gasteiger partial charge in [-0.1, -0.05) is 49.7 Å². The number of aliphatic hydroxyl groups is 1. The van der Waals surface area contributed by atoms with Crippen molar-refractivity contribution in [2.45, 2.75) is 53.6 Å². The van der Waals surface area contributed by atoms with E-state index in [4.69, 9.17) is 4.74 Å². The summed E-state index contributed by atoms with van der Waals surface area (Å²) in [4.78, 5) is 0. The minimum atomic E-state index is -0.433. The van der Waals surface area contributed by atoms with Crippen molar-refractivity contribution in [3.63, 3.8) is 0 Å². The molecule has 0 bridgehead atoms. The lowest BCUT2D eigenvalue weighted by molar-refractivity contribution is 0.133. The lowest BCUT2D eigenvalue weighted by atomic mass is 9.82. The van der Waals surface area contributed by atoms with Crippen LogP contribution >= 0.6 is 15.9 Å². The quantitative estimate of drug-likeness (QED) is 0.755. The highest BCUT2D eigenvalue weighted by molar-refractivity contribution is 9.10. The van der Waals surface area contributed by atoms with Gasteiger partial charge in [-0.3, -0.25) is 0 Å². The Labute approximate surface area is 131 Å². The van der Waals surface area contributed by atoms with Crippen molar-refractivity contribution in [3.8, 4) is 5.75 Å². The summed E-state index contributed by atoms with van der Waals surface area (Å²) in [5.74, 6) is 1.32. The van der Waals surface area contributed by atoms with Gasteiger partial charge < -0.3 is 9.84 Å². The monoisotopic (exact) mass is 342 g/mol. The normalized spacial score (nSPS) is 14.9. The molecular weight excluding hydrogens is 316 g/mol. The minimum Gasteiger partial charge on any atom is -0.494 e. The molecule has 0 saturated heterocycles. The fourth-order valence-electron chi connectivity index (χ4n) is 2.67. The van der Waals surface area contributed by atoms with Crippen LogP contribution in [-0.4, -0.2) is 11.7 Å². The average Bonchev–Trinajstić information content (AvgIpc) is 2.26. The van der Waals surface area contributed by atoms with Crippen molar-refractivity contribution >= 4 is 15.9 Å². The molecule has 1 rings (SSSR count). The van der Waals surface area contributed by atoms with Gasteiger partial charge in [0, 0.05) is 4.47 Å². The number of hydrogen-bond donors (Lipinski definition) is 1. The van der Waals surface area contributed by atoms with Crippen molar-refractivity contribution < 1.29 is 9.84 Å². The number of ether oxygens (including phenoxy) is 1. The second-order valence-electron chi connectivity index (χ2n) is 6.74. The molecule has 0 spiro atoms. The first-order chi connectivity index (χ1) is 9.23. The van der Waals surface area contributed by atoms with Gasteiger partial charge in [0.15, 0.2) is 0 Å². The molecule has 114 valence electrons. The smallest absolute Gasteiger partial charge is 0.120 e. The lowest BCUT2D eigenvalue weighted by Crippen LogP contribution is -2.13. The van der Waals surface area contributed by atoms with E-state index in [2.05, 4.69) is 43.6 Å². The molecule has 2 unspecified atom stereocenters. The molecule has 0 heterocycles. The highest BCUT2D eigenvalue weighted by Gasteiger charge is 2.20. The van der Waals surface area contributed by atoms with Crippen LogP contribution in [0.5, 0.6) is 5.75 Å². The van der Waals surface area contributed by atoms with Gasteiger partial charge in [0.1, 0.15) is 5.75 Å². The van der Waals surface area contributed by atoms with Crippen molar-refractivity contribution in [2.75, 3.05) is 6.61 Å². The van der Waals surface area contributed by atoms with E-state index in [9.17, 15) is 5.11 Å². The van der Waals surface area contributed by atoms with Crippen LogP contribution in [0.1, 0.15) is 59.1 Å². The van der Waals surface area contributed by atoms with Gasteiger partial charge in [0.25, 0.3) is 0 Å². The predicted octanol–water partition coefficient (Wildman–Crippen LogP) is 5.34. The van der Waals surface area contributed by atoms with Gasteiger partial charge in [-0.2, -0.15) is 0 Å². The first-order valence-corrected chi connectivity index (χ1v) is 8.12. The molecule has 0 fully saturated rings. The number of halogens is 1. The molecule has 20 heavy (non-hydrogen) atoms. The Morgan fingerprint density at radius 1 is 1.30 bits per heavy atom. The summed E-state index contributed by atoms with van der Waals surface area (Å²) in [5.41, 5.74) is 1.24.